The number of aryl methyl sites for hydroxylation is 1. The Morgan fingerprint density at radius 2 is 2.18 bits per heavy atom. The average molecular weight is 229 g/mol. The van der Waals surface area contributed by atoms with Crippen LogP contribution >= 0.6 is 0 Å². The number of hydrogen-bond donors (Lipinski definition) is 1. The minimum Gasteiger partial charge on any atom is -0.463 e. The Morgan fingerprint density at radius 3 is 2.82 bits per heavy atom. The van der Waals surface area contributed by atoms with Gasteiger partial charge in [-0.3, -0.25) is 9.78 Å². The van der Waals surface area contributed by atoms with E-state index in [1.54, 1.807) is 30.8 Å². The van der Waals surface area contributed by atoms with Gasteiger partial charge in [-0.15, -0.1) is 0 Å². The van der Waals surface area contributed by atoms with E-state index in [0.717, 1.165) is 5.56 Å². The fourth-order valence-electron chi connectivity index (χ4n) is 1.23. The summed E-state index contributed by atoms with van der Waals surface area (Å²) >= 11 is 0. The van der Waals surface area contributed by atoms with Gasteiger partial charge in [0.2, 0.25) is 0 Å². The molecule has 0 aliphatic heterocycles. The third-order valence-electron chi connectivity index (χ3n) is 2.19. The van der Waals surface area contributed by atoms with Crippen molar-refractivity contribution < 1.29 is 9.21 Å². The normalized spacial score (nSPS) is 10.6. The van der Waals surface area contributed by atoms with Gasteiger partial charge in [-0.25, -0.2) is 5.43 Å². The highest BCUT2D eigenvalue weighted by Gasteiger charge is 2.02. The van der Waals surface area contributed by atoms with Crippen molar-refractivity contribution in [3.63, 3.8) is 0 Å². The van der Waals surface area contributed by atoms with Crippen LogP contribution in [0.25, 0.3) is 0 Å². The third kappa shape index (κ3) is 2.78. The highest BCUT2D eigenvalue weighted by atomic mass is 16.3. The maximum Gasteiger partial charge on any atom is 0.271 e. The van der Waals surface area contributed by atoms with Crippen molar-refractivity contribution in [2.75, 3.05) is 0 Å². The van der Waals surface area contributed by atoms with E-state index in [4.69, 9.17) is 4.42 Å². The van der Waals surface area contributed by atoms with Crippen LogP contribution in [0.15, 0.2) is 46.4 Å². The lowest BCUT2D eigenvalue weighted by molar-refractivity contribution is 0.0955. The number of carbonyl (C=O) groups excluding carboxylic acids is 1. The van der Waals surface area contributed by atoms with Gasteiger partial charge < -0.3 is 4.42 Å². The van der Waals surface area contributed by atoms with Gasteiger partial charge in [0.15, 0.2) is 0 Å². The molecule has 0 aliphatic rings. The number of furan rings is 1. The molecule has 2 rings (SSSR count). The van der Waals surface area contributed by atoms with Crippen LogP contribution in [0.1, 0.15) is 21.7 Å². The summed E-state index contributed by atoms with van der Waals surface area (Å²) in [6.45, 7) is 1.90. The van der Waals surface area contributed by atoms with E-state index in [0.29, 0.717) is 11.3 Å². The van der Waals surface area contributed by atoms with Crippen molar-refractivity contribution in [1.82, 2.24) is 10.4 Å². The van der Waals surface area contributed by atoms with Gasteiger partial charge in [0.25, 0.3) is 5.91 Å². The third-order valence-corrected chi connectivity index (χ3v) is 2.19. The van der Waals surface area contributed by atoms with Crippen LogP contribution in [0, 0.1) is 6.92 Å². The molecule has 0 aromatic carbocycles. The second kappa shape index (κ2) is 5.07. The van der Waals surface area contributed by atoms with E-state index in [9.17, 15) is 4.79 Å². The number of rotatable bonds is 3. The molecule has 2 heterocycles. The summed E-state index contributed by atoms with van der Waals surface area (Å²) < 4.78 is 5.14. The molecule has 0 radical (unpaired) electrons. The van der Waals surface area contributed by atoms with Crippen molar-refractivity contribution in [1.29, 1.82) is 0 Å². The quantitative estimate of drug-likeness (QED) is 0.644. The molecular formula is C12H11N3O2. The van der Waals surface area contributed by atoms with Gasteiger partial charge in [0.05, 0.1) is 12.5 Å². The fourth-order valence-corrected chi connectivity index (χ4v) is 1.23. The first-order valence-electron chi connectivity index (χ1n) is 5.05. The van der Waals surface area contributed by atoms with Crippen LogP contribution in [-0.2, 0) is 0 Å². The number of aromatic nitrogens is 1. The average Bonchev–Trinajstić information content (AvgIpc) is 2.76. The number of nitrogens with one attached hydrogen (secondary N) is 1. The van der Waals surface area contributed by atoms with Gasteiger partial charge in [0, 0.05) is 18.0 Å². The van der Waals surface area contributed by atoms with E-state index >= 15 is 0 Å². The smallest absolute Gasteiger partial charge is 0.271 e. The van der Waals surface area contributed by atoms with Gasteiger partial charge >= 0.3 is 0 Å². The number of hydrazone groups is 1. The molecule has 2 aromatic heterocycles. The monoisotopic (exact) mass is 229 g/mol. The number of nitrogens with zero attached hydrogens (tertiary/aromatic N) is 2. The zero-order valence-corrected chi connectivity index (χ0v) is 9.25. The standard InChI is InChI=1S/C12H11N3O2/c1-9-4-7-17-11(9)8-14-15-12(16)10-2-5-13-6-3-10/h2-8H,1H3,(H,15,16). The topological polar surface area (TPSA) is 67.5 Å². The minimum atomic E-state index is -0.284. The Labute approximate surface area is 98.2 Å². The summed E-state index contributed by atoms with van der Waals surface area (Å²) in [4.78, 5) is 15.4. The van der Waals surface area contributed by atoms with E-state index in [-0.39, 0.29) is 5.91 Å². The van der Waals surface area contributed by atoms with E-state index in [1.807, 2.05) is 13.0 Å². The summed E-state index contributed by atoms with van der Waals surface area (Å²) in [5, 5.41) is 3.81. The SMILES string of the molecule is Cc1ccoc1C=NNC(=O)c1ccncc1. The van der Waals surface area contributed by atoms with Crippen molar-refractivity contribution in [3.8, 4) is 0 Å². The summed E-state index contributed by atoms with van der Waals surface area (Å²) in [5.74, 6) is 0.341. The molecule has 5 heteroatoms. The highest BCUT2D eigenvalue weighted by molar-refractivity contribution is 5.94. The maximum atomic E-state index is 11.6. The predicted octanol–water partition coefficient (Wildman–Crippen LogP) is 1.75. The zero-order chi connectivity index (χ0) is 12.1. The van der Waals surface area contributed by atoms with Crippen molar-refractivity contribution in [2.24, 2.45) is 5.10 Å². The highest BCUT2D eigenvalue weighted by Crippen LogP contribution is 2.04. The molecule has 0 atom stereocenters. The van der Waals surface area contributed by atoms with Crippen molar-refractivity contribution >= 4 is 12.1 Å². The fraction of sp³-hybridized carbons (Fsp3) is 0.0833. The Balaban J connectivity index is 1.97. The second-order valence-electron chi connectivity index (χ2n) is 3.40. The van der Waals surface area contributed by atoms with Gasteiger partial charge in [-0.05, 0) is 30.7 Å². The summed E-state index contributed by atoms with van der Waals surface area (Å²) in [7, 11) is 0. The van der Waals surface area contributed by atoms with Gasteiger partial charge in [-0.1, -0.05) is 0 Å². The second-order valence-corrected chi connectivity index (χ2v) is 3.40. The van der Waals surface area contributed by atoms with Crippen LogP contribution < -0.4 is 5.43 Å². The molecule has 0 aliphatic carbocycles. The first-order valence-corrected chi connectivity index (χ1v) is 5.05. The number of amides is 1. The van der Waals surface area contributed by atoms with Gasteiger partial charge in [-0.2, -0.15) is 5.10 Å². The Bertz CT molecular complexity index is 532. The molecule has 0 saturated heterocycles. The molecule has 1 amide bonds. The van der Waals surface area contributed by atoms with Gasteiger partial charge in [0.1, 0.15) is 5.76 Å². The van der Waals surface area contributed by atoms with Crippen LogP contribution in [0.2, 0.25) is 0 Å². The zero-order valence-electron chi connectivity index (χ0n) is 9.25. The number of carbonyl (C=O) groups is 1. The lowest BCUT2D eigenvalue weighted by Gasteiger charge is -1.97. The largest absolute Gasteiger partial charge is 0.463 e. The molecule has 17 heavy (non-hydrogen) atoms. The minimum absolute atomic E-state index is 0.284. The lowest BCUT2D eigenvalue weighted by atomic mass is 10.3. The van der Waals surface area contributed by atoms with E-state index < -0.39 is 0 Å². The summed E-state index contributed by atoms with van der Waals surface area (Å²) in [5.41, 5.74) is 3.88. The molecule has 0 saturated carbocycles. The Morgan fingerprint density at radius 1 is 1.41 bits per heavy atom. The molecular weight excluding hydrogens is 218 g/mol. The van der Waals surface area contributed by atoms with Crippen LogP contribution in [0.5, 0.6) is 0 Å². The van der Waals surface area contributed by atoms with E-state index in [2.05, 4.69) is 15.5 Å². The number of hydrogen-bond acceptors (Lipinski definition) is 4. The Kier molecular flexibility index (Phi) is 3.30. The first-order chi connectivity index (χ1) is 8.27. The Hall–Kier alpha value is -2.43. The predicted molar refractivity (Wildman–Crippen MR) is 62.7 cm³/mol. The molecule has 1 N–H and O–H groups in total. The molecule has 0 fully saturated rings. The van der Waals surface area contributed by atoms with Crippen molar-refractivity contribution in [2.45, 2.75) is 6.92 Å². The maximum absolute atomic E-state index is 11.6. The molecule has 2 aromatic rings. The molecule has 86 valence electrons. The summed E-state index contributed by atoms with van der Waals surface area (Å²) in [6, 6.07) is 5.05. The molecule has 5 nitrogen and oxygen atoms in total. The van der Waals surface area contributed by atoms with Crippen LogP contribution in [0.4, 0.5) is 0 Å². The molecule has 0 unspecified atom stereocenters. The molecule has 0 spiro atoms. The van der Waals surface area contributed by atoms with Crippen LogP contribution in [0.3, 0.4) is 0 Å². The first kappa shape index (κ1) is 11.1. The lowest BCUT2D eigenvalue weighted by Crippen LogP contribution is -2.17. The summed E-state index contributed by atoms with van der Waals surface area (Å²) in [6.07, 6.45) is 6.14. The van der Waals surface area contributed by atoms with E-state index in [1.165, 1.54) is 6.21 Å². The number of pyridine rings is 1. The van der Waals surface area contributed by atoms with Crippen LogP contribution in [-0.4, -0.2) is 17.1 Å². The van der Waals surface area contributed by atoms with Crippen molar-refractivity contribution in [3.05, 3.63) is 53.7 Å². The molecule has 0 bridgehead atoms.